The first-order valence-corrected chi connectivity index (χ1v) is 8.35. The van der Waals surface area contributed by atoms with Crippen LogP contribution in [0.2, 0.25) is 0 Å². The Balaban J connectivity index is 1.99. The number of aromatic nitrogens is 4. The fraction of sp³-hybridized carbons (Fsp3) is 0.643. The number of hydrogen-bond donors (Lipinski definition) is 1. The average molecular weight is 400 g/mol. The molecule has 114 valence electrons. The highest BCUT2D eigenvalue weighted by Crippen LogP contribution is 2.31. The van der Waals surface area contributed by atoms with Crippen molar-refractivity contribution in [3.05, 3.63) is 10.0 Å². The highest BCUT2D eigenvalue weighted by molar-refractivity contribution is 14.1. The molecule has 1 fully saturated rings. The van der Waals surface area contributed by atoms with E-state index in [4.69, 9.17) is 5.73 Å². The van der Waals surface area contributed by atoms with Gasteiger partial charge in [0.05, 0.1) is 11.4 Å². The molecule has 0 saturated carbocycles. The Bertz CT molecular complexity index is 659. The Morgan fingerprint density at radius 2 is 2.10 bits per heavy atom. The summed E-state index contributed by atoms with van der Waals surface area (Å²) in [6.07, 6.45) is 3.83. The summed E-state index contributed by atoms with van der Waals surface area (Å²) in [5.74, 6) is 0.513. The van der Waals surface area contributed by atoms with E-state index in [1.807, 2.05) is 4.68 Å². The molecule has 21 heavy (non-hydrogen) atoms. The normalized spacial score (nSPS) is 21.0. The van der Waals surface area contributed by atoms with Crippen LogP contribution in [0.3, 0.4) is 0 Å². The fourth-order valence-electron chi connectivity index (χ4n) is 2.97. The van der Waals surface area contributed by atoms with Crippen molar-refractivity contribution in [1.29, 1.82) is 0 Å². The van der Waals surface area contributed by atoms with Gasteiger partial charge in [0, 0.05) is 12.1 Å². The third-order valence-corrected chi connectivity index (χ3v) is 4.92. The molecule has 0 aliphatic carbocycles. The fourth-order valence-corrected chi connectivity index (χ4v) is 3.72. The molecule has 7 heteroatoms. The molecule has 1 unspecified atom stereocenters. The van der Waals surface area contributed by atoms with Crippen LogP contribution in [-0.2, 0) is 0 Å². The minimum Gasteiger partial charge on any atom is -0.383 e. The third kappa shape index (κ3) is 2.73. The highest BCUT2D eigenvalue weighted by atomic mass is 127. The van der Waals surface area contributed by atoms with Crippen LogP contribution in [0.1, 0.15) is 39.7 Å². The molecule has 6 nitrogen and oxygen atoms in total. The van der Waals surface area contributed by atoms with Crippen LogP contribution in [0.25, 0.3) is 11.0 Å². The molecule has 1 aliphatic rings. The van der Waals surface area contributed by atoms with E-state index < -0.39 is 0 Å². The molecule has 2 aromatic rings. The van der Waals surface area contributed by atoms with Gasteiger partial charge in [-0.25, -0.2) is 14.6 Å². The number of nitrogen functional groups attached to an aromatic ring is 1. The predicted molar refractivity (Wildman–Crippen MR) is 92.0 cm³/mol. The lowest BCUT2D eigenvalue weighted by Crippen LogP contribution is -2.47. The van der Waals surface area contributed by atoms with Crippen LogP contribution in [0.15, 0.2) is 6.33 Å². The zero-order valence-corrected chi connectivity index (χ0v) is 14.8. The molecule has 2 aromatic heterocycles. The van der Waals surface area contributed by atoms with Crippen molar-refractivity contribution in [2.75, 3.05) is 18.8 Å². The first-order valence-electron chi connectivity index (χ1n) is 7.27. The van der Waals surface area contributed by atoms with Gasteiger partial charge >= 0.3 is 0 Å². The number of likely N-dealkylation sites (tertiary alicyclic amines) is 1. The van der Waals surface area contributed by atoms with Crippen LogP contribution in [-0.4, -0.2) is 43.3 Å². The monoisotopic (exact) mass is 400 g/mol. The van der Waals surface area contributed by atoms with Gasteiger partial charge in [-0.2, -0.15) is 5.10 Å². The van der Waals surface area contributed by atoms with Gasteiger partial charge in [-0.15, -0.1) is 0 Å². The van der Waals surface area contributed by atoms with E-state index in [1.54, 1.807) is 0 Å². The van der Waals surface area contributed by atoms with Gasteiger partial charge in [-0.3, -0.25) is 4.90 Å². The summed E-state index contributed by atoms with van der Waals surface area (Å²) in [6, 6.07) is 0.346. The SMILES string of the molecule is CC(C)(C)N1CCCC(n2nc(I)c3c(N)ncnc32)C1. The minimum atomic E-state index is 0.183. The highest BCUT2D eigenvalue weighted by Gasteiger charge is 2.30. The van der Waals surface area contributed by atoms with E-state index in [2.05, 4.69) is 63.3 Å². The lowest BCUT2D eigenvalue weighted by molar-refractivity contribution is 0.0795. The number of rotatable bonds is 1. The average Bonchev–Trinajstić information content (AvgIpc) is 2.77. The van der Waals surface area contributed by atoms with Crippen molar-refractivity contribution >= 4 is 39.4 Å². The molecule has 0 amide bonds. The molecule has 0 aromatic carbocycles. The number of nitrogens with two attached hydrogens (primary N) is 1. The smallest absolute Gasteiger partial charge is 0.164 e. The van der Waals surface area contributed by atoms with E-state index in [0.29, 0.717) is 11.9 Å². The van der Waals surface area contributed by atoms with Gasteiger partial charge < -0.3 is 5.73 Å². The number of nitrogens with zero attached hydrogens (tertiary/aromatic N) is 5. The zero-order chi connectivity index (χ0) is 15.2. The number of fused-ring (bicyclic) bond motifs is 1. The Morgan fingerprint density at radius 3 is 2.81 bits per heavy atom. The molecular weight excluding hydrogens is 379 g/mol. The van der Waals surface area contributed by atoms with E-state index in [-0.39, 0.29) is 5.54 Å². The minimum absolute atomic E-state index is 0.183. The summed E-state index contributed by atoms with van der Waals surface area (Å²) in [4.78, 5) is 11.0. The topological polar surface area (TPSA) is 72.9 Å². The Hall–Kier alpha value is -0.960. The van der Waals surface area contributed by atoms with Crippen LogP contribution in [0.5, 0.6) is 0 Å². The van der Waals surface area contributed by atoms with Crippen molar-refractivity contribution in [3.8, 4) is 0 Å². The number of halogens is 1. The summed E-state index contributed by atoms with van der Waals surface area (Å²) in [6.45, 7) is 8.94. The van der Waals surface area contributed by atoms with Gasteiger partial charge in [-0.1, -0.05) is 0 Å². The molecule has 0 spiro atoms. The van der Waals surface area contributed by atoms with E-state index in [0.717, 1.165) is 34.2 Å². The molecule has 1 saturated heterocycles. The van der Waals surface area contributed by atoms with Gasteiger partial charge in [0.2, 0.25) is 0 Å². The van der Waals surface area contributed by atoms with Crippen molar-refractivity contribution in [3.63, 3.8) is 0 Å². The molecule has 1 aliphatic heterocycles. The van der Waals surface area contributed by atoms with Crippen molar-refractivity contribution in [2.45, 2.75) is 45.2 Å². The largest absolute Gasteiger partial charge is 0.383 e. The third-order valence-electron chi connectivity index (χ3n) is 4.17. The Labute approximate surface area is 138 Å². The van der Waals surface area contributed by atoms with Crippen molar-refractivity contribution in [1.82, 2.24) is 24.6 Å². The van der Waals surface area contributed by atoms with Gasteiger partial charge in [0.25, 0.3) is 0 Å². The molecular formula is C14H21IN6. The number of anilines is 1. The van der Waals surface area contributed by atoms with Crippen LogP contribution in [0, 0.1) is 3.70 Å². The zero-order valence-electron chi connectivity index (χ0n) is 12.7. The maximum atomic E-state index is 5.98. The predicted octanol–water partition coefficient (Wildman–Crippen LogP) is 2.45. The summed E-state index contributed by atoms with van der Waals surface area (Å²) in [7, 11) is 0. The van der Waals surface area contributed by atoms with Crippen LogP contribution in [0.4, 0.5) is 5.82 Å². The van der Waals surface area contributed by atoms with E-state index in [1.165, 1.54) is 12.7 Å². The molecule has 1 atom stereocenters. The van der Waals surface area contributed by atoms with Crippen LogP contribution < -0.4 is 5.73 Å². The first-order chi connectivity index (χ1) is 9.88. The summed E-state index contributed by atoms with van der Waals surface area (Å²) in [5, 5.41) is 5.57. The van der Waals surface area contributed by atoms with E-state index >= 15 is 0 Å². The second kappa shape index (κ2) is 5.35. The molecule has 2 N–H and O–H groups in total. The van der Waals surface area contributed by atoms with E-state index in [9.17, 15) is 0 Å². The second-order valence-electron chi connectivity index (χ2n) is 6.61. The van der Waals surface area contributed by atoms with Crippen molar-refractivity contribution < 1.29 is 0 Å². The van der Waals surface area contributed by atoms with Crippen molar-refractivity contribution in [2.24, 2.45) is 0 Å². The van der Waals surface area contributed by atoms with Gasteiger partial charge in [-0.05, 0) is 62.7 Å². The Morgan fingerprint density at radius 1 is 1.33 bits per heavy atom. The first kappa shape index (κ1) is 15.0. The van der Waals surface area contributed by atoms with Crippen LogP contribution >= 0.6 is 22.6 Å². The Kier molecular flexibility index (Phi) is 3.81. The molecule has 0 radical (unpaired) electrons. The van der Waals surface area contributed by atoms with Gasteiger partial charge in [0.15, 0.2) is 5.65 Å². The molecule has 0 bridgehead atoms. The standard InChI is InChI=1S/C14H21IN6/c1-14(2,3)20-6-4-5-9(7-20)21-13-10(11(15)19-21)12(16)17-8-18-13/h8-9H,4-7H2,1-3H3,(H2,16,17,18). The number of hydrogen-bond acceptors (Lipinski definition) is 5. The lowest BCUT2D eigenvalue weighted by atomic mass is 9.98. The summed E-state index contributed by atoms with van der Waals surface area (Å²) < 4.78 is 2.93. The maximum Gasteiger partial charge on any atom is 0.164 e. The number of piperidine rings is 1. The summed E-state index contributed by atoms with van der Waals surface area (Å²) in [5.41, 5.74) is 7.01. The molecule has 3 heterocycles. The summed E-state index contributed by atoms with van der Waals surface area (Å²) >= 11 is 2.22. The molecule has 3 rings (SSSR count). The quantitative estimate of drug-likeness (QED) is 0.745. The van der Waals surface area contributed by atoms with Gasteiger partial charge in [0.1, 0.15) is 15.8 Å². The lowest BCUT2D eigenvalue weighted by Gasteiger charge is -2.41. The maximum absolute atomic E-state index is 5.98. The second-order valence-corrected chi connectivity index (χ2v) is 7.63.